The monoisotopic (exact) mass is 259 g/mol. The van der Waals surface area contributed by atoms with Crippen molar-refractivity contribution in [3.8, 4) is 0 Å². The summed E-state index contributed by atoms with van der Waals surface area (Å²) in [7, 11) is 0. The van der Waals surface area contributed by atoms with Crippen LogP contribution in [0.2, 0.25) is 0 Å². The van der Waals surface area contributed by atoms with Crippen LogP contribution in [0.3, 0.4) is 0 Å². The number of hydrogen-bond donors (Lipinski definition) is 2. The van der Waals surface area contributed by atoms with Gasteiger partial charge >= 0.3 is 5.69 Å². The van der Waals surface area contributed by atoms with Gasteiger partial charge in [0.15, 0.2) is 0 Å². The molecule has 5 nitrogen and oxygen atoms in total. The van der Waals surface area contributed by atoms with E-state index in [0.29, 0.717) is 17.4 Å². The summed E-state index contributed by atoms with van der Waals surface area (Å²) in [6.45, 7) is 3.29. The molecule has 3 rings (SSSR count). The Balaban J connectivity index is 2.16. The number of aromatic nitrogens is 2. The van der Waals surface area contributed by atoms with Crippen molar-refractivity contribution in [2.24, 2.45) is 0 Å². The number of hydrogen-bond acceptors (Lipinski definition) is 3. The average Bonchev–Trinajstić information content (AvgIpc) is 2.87. The minimum atomic E-state index is -0.322. The summed E-state index contributed by atoms with van der Waals surface area (Å²) in [4.78, 5) is 27.3. The van der Waals surface area contributed by atoms with Gasteiger partial charge in [-0.25, -0.2) is 4.79 Å². The van der Waals surface area contributed by atoms with Crippen molar-refractivity contribution < 1.29 is 0 Å². The molecule has 0 bridgehead atoms. The molecular weight excluding hydrogens is 242 g/mol. The molecule has 1 aliphatic heterocycles. The van der Waals surface area contributed by atoms with Gasteiger partial charge in [-0.1, -0.05) is 12.1 Å². The fourth-order valence-electron chi connectivity index (χ4n) is 2.76. The maximum atomic E-state index is 12.5. The second-order valence-electron chi connectivity index (χ2n) is 5.14. The van der Waals surface area contributed by atoms with E-state index in [-0.39, 0.29) is 17.3 Å². The molecule has 1 unspecified atom stereocenters. The summed E-state index contributed by atoms with van der Waals surface area (Å²) in [6.07, 6.45) is 2.11. The molecule has 0 saturated carbocycles. The van der Waals surface area contributed by atoms with Crippen LogP contribution in [-0.4, -0.2) is 22.1 Å². The summed E-state index contributed by atoms with van der Waals surface area (Å²) in [5.41, 5.74) is 1.000. The SMILES string of the molecule is Cc1cccc2[nH]c(=O)n(CC3CCCN3)c(=O)c12. The van der Waals surface area contributed by atoms with Gasteiger partial charge in [0.2, 0.25) is 0 Å². The Labute approximate surface area is 110 Å². The first kappa shape index (κ1) is 12.2. The van der Waals surface area contributed by atoms with Gasteiger partial charge in [-0.05, 0) is 37.9 Å². The van der Waals surface area contributed by atoms with Crippen LogP contribution in [0.25, 0.3) is 10.9 Å². The lowest BCUT2D eigenvalue weighted by molar-refractivity contribution is 0.487. The zero-order valence-electron chi connectivity index (χ0n) is 10.9. The quantitative estimate of drug-likeness (QED) is 0.836. The Hall–Kier alpha value is -1.88. The van der Waals surface area contributed by atoms with Crippen molar-refractivity contribution in [3.63, 3.8) is 0 Å². The lowest BCUT2D eigenvalue weighted by Gasteiger charge is -2.12. The zero-order chi connectivity index (χ0) is 13.4. The van der Waals surface area contributed by atoms with Gasteiger partial charge in [-0.15, -0.1) is 0 Å². The maximum Gasteiger partial charge on any atom is 0.328 e. The van der Waals surface area contributed by atoms with Crippen molar-refractivity contribution in [2.75, 3.05) is 6.54 Å². The minimum absolute atomic E-state index is 0.189. The molecule has 2 N–H and O–H groups in total. The molecule has 2 heterocycles. The van der Waals surface area contributed by atoms with Gasteiger partial charge in [-0.2, -0.15) is 0 Å². The minimum Gasteiger partial charge on any atom is -0.312 e. The Morgan fingerprint density at radius 1 is 1.37 bits per heavy atom. The molecule has 0 spiro atoms. The zero-order valence-corrected chi connectivity index (χ0v) is 10.9. The van der Waals surface area contributed by atoms with Crippen molar-refractivity contribution in [1.82, 2.24) is 14.9 Å². The third-order valence-electron chi connectivity index (χ3n) is 3.78. The van der Waals surface area contributed by atoms with Crippen molar-refractivity contribution in [3.05, 3.63) is 44.6 Å². The van der Waals surface area contributed by atoms with E-state index in [1.807, 2.05) is 19.1 Å². The van der Waals surface area contributed by atoms with Crippen LogP contribution in [0, 0.1) is 6.92 Å². The highest BCUT2D eigenvalue weighted by atomic mass is 16.2. The molecule has 0 amide bonds. The number of fused-ring (bicyclic) bond motifs is 1. The molecule has 1 saturated heterocycles. The van der Waals surface area contributed by atoms with Crippen molar-refractivity contribution in [1.29, 1.82) is 0 Å². The summed E-state index contributed by atoms with van der Waals surface area (Å²) in [6, 6.07) is 5.72. The summed E-state index contributed by atoms with van der Waals surface area (Å²) < 4.78 is 1.32. The molecule has 100 valence electrons. The van der Waals surface area contributed by atoms with E-state index < -0.39 is 0 Å². The van der Waals surface area contributed by atoms with Crippen molar-refractivity contribution in [2.45, 2.75) is 32.4 Å². The summed E-state index contributed by atoms with van der Waals surface area (Å²) in [5, 5.41) is 3.92. The summed E-state index contributed by atoms with van der Waals surface area (Å²) in [5.74, 6) is 0. The van der Waals surface area contributed by atoms with Crippen LogP contribution in [0.5, 0.6) is 0 Å². The van der Waals surface area contributed by atoms with E-state index in [9.17, 15) is 9.59 Å². The van der Waals surface area contributed by atoms with Crippen LogP contribution in [0.1, 0.15) is 18.4 Å². The van der Waals surface area contributed by atoms with Gasteiger partial charge in [0.05, 0.1) is 10.9 Å². The van der Waals surface area contributed by atoms with E-state index in [4.69, 9.17) is 0 Å². The number of aromatic amines is 1. The Morgan fingerprint density at radius 2 is 2.21 bits per heavy atom. The van der Waals surface area contributed by atoms with Crippen LogP contribution >= 0.6 is 0 Å². The number of H-pyrrole nitrogens is 1. The van der Waals surface area contributed by atoms with Gasteiger partial charge < -0.3 is 10.3 Å². The van der Waals surface area contributed by atoms with Crippen LogP contribution in [0.15, 0.2) is 27.8 Å². The lowest BCUT2D eigenvalue weighted by atomic mass is 10.1. The fraction of sp³-hybridized carbons (Fsp3) is 0.429. The van der Waals surface area contributed by atoms with Gasteiger partial charge in [0.25, 0.3) is 5.56 Å². The van der Waals surface area contributed by atoms with E-state index in [1.165, 1.54) is 4.57 Å². The Kier molecular flexibility index (Phi) is 2.98. The normalized spacial score (nSPS) is 19.1. The first-order valence-corrected chi connectivity index (χ1v) is 6.62. The fourth-order valence-corrected chi connectivity index (χ4v) is 2.76. The molecular formula is C14H17N3O2. The van der Waals surface area contributed by atoms with Crippen LogP contribution in [0.4, 0.5) is 0 Å². The second kappa shape index (κ2) is 4.66. The van der Waals surface area contributed by atoms with Gasteiger partial charge in [0, 0.05) is 12.6 Å². The lowest BCUT2D eigenvalue weighted by Crippen LogP contribution is -2.41. The van der Waals surface area contributed by atoms with E-state index in [1.54, 1.807) is 6.07 Å². The molecule has 0 aliphatic carbocycles. The third-order valence-corrected chi connectivity index (χ3v) is 3.78. The van der Waals surface area contributed by atoms with Crippen molar-refractivity contribution >= 4 is 10.9 Å². The van der Waals surface area contributed by atoms with E-state index in [2.05, 4.69) is 10.3 Å². The molecule has 1 atom stereocenters. The molecule has 2 aromatic rings. The predicted octanol–water partition coefficient (Wildman–Crippen LogP) is 0.750. The average molecular weight is 259 g/mol. The second-order valence-corrected chi connectivity index (χ2v) is 5.14. The molecule has 0 radical (unpaired) electrons. The summed E-state index contributed by atoms with van der Waals surface area (Å²) >= 11 is 0. The van der Waals surface area contributed by atoms with Crippen LogP contribution in [-0.2, 0) is 6.54 Å². The highest BCUT2D eigenvalue weighted by Crippen LogP contribution is 2.11. The highest BCUT2D eigenvalue weighted by molar-refractivity contribution is 5.80. The molecule has 19 heavy (non-hydrogen) atoms. The molecule has 1 aliphatic rings. The highest BCUT2D eigenvalue weighted by Gasteiger charge is 2.17. The predicted molar refractivity (Wildman–Crippen MR) is 74.6 cm³/mol. The van der Waals surface area contributed by atoms with Gasteiger partial charge in [0.1, 0.15) is 0 Å². The molecule has 1 aromatic carbocycles. The first-order valence-electron chi connectivity index (χ1n) is 6.62. The number of nitrogens with zero attached hydrogens (tertiary/aromatic N) is 1. The Morgan fingerprint density at radius 3 is 2.95 bits per heavy atom. The number of rotatable bonds is 2. The Bertz CT molecular complexity index is 724. The molecule has 1 aromatic heterocycles. The standard InChI is InChI=1S/C14H17N3O2/c1-9-4-2-6-11-12(9)13(18)17(14(19)16-11)8-10-5-3-7-15-10/h2,4,6,10,15H,3,5,7-8H2,1H3,(H,16,19). The number of benzene rings is 1. The largest absolute Gasteiger partial charge is 0.328 e. The van der Waals surface area contributed by atoms with Crippen LogP contribution < -0.4 is 16.6 Å². The maximum absolute atomic E-state index is 12.5. The molecule has 1 fully saturated rings. The third kappa shape index (κ3) is 2.10. The smallest absolute Gasteiger partial charge is 0.312 e. The molecule has 5 heteroatoms. The number of aryl methyl sites for hydroxylation is 1. The topological polar surface area (TPSA) is 66.9 Å². The first-order chi connectivity index (χ1) is 9.16. The van der Waals surface area contributed by atoms with E-state index in [0.717, 1.165) is 24.9 Å². The number of nitrogens with one attached hydrogen (secondary N) is 2. The van der Waals surface area contributed by atoms with E-state index >= 15 is 0 Å². The van der Waals surface area contributed by atoms with Gasteiger partial charge in [-0.3, -0.25) is 9.36 Å².